The summed E-state index contributed by atoms with van der Waals surface area (Å²) in [6, 6.07) is 30.7. The number of aromatic amines is 1. The first-order chi connectivity index (χ1) is 15.2. The molecule has 5 rings (SSSR count). The van der Waals surface area contributed by atoms with Crippen LogP contribution in [0.4, 0.5) is 0 Å². The number of nitrogens with zero attached hydrogens (tertiary/aromatic N) is 2. The van der Waals surface area contributed by atoms with E-state index in [-0.39, 0.29) is 0 Å². The van der Waals surface area contributed by atoms with Crippen LogP contribution in [-0.4, -0.2) is 20.9 Å². The lowest BCUT2D eigenvalue weighted by molar-refractivity contribution is 0.100. The lowest BCUT2D eigenvalue weighted by atomic mass is 9.67. The molecule has 0 radical (unpaired) electrons. The molecule has 0 bridgehead atoms. The highest BCUT2D eigenvalue weighted by Crippen LogP contribution is 2.44. The molecule has 150 valence electrons. The molecule has 0 unspecified atom stereocenters. The Kier molecular flexibility index (Phi) is 4.56. The highest BCUT2D eigenvalue weighted by atomic mass is 16.1. The summed E-state index contributed by atoms with van der Waals surface area (Å²) >= 11 is 0. The maximum Gasteiger partial charge on any atom is 0.252 e. The van der Waals surface area contributed by atoms with Gasteiger partial charge >= 0.3 is 0 Å². The van der Waals surface area contributed by atoms with Crippen LogP contribution in [0.5, 0.6) is 0 Å². The molecule has 0 saturated carbocycles. The van der Waals surface area contributed by atoms with Gasteiger partial charge in [0.15, 0.2) is 5.65 Å². The monoisotopic (exact) mass is 404 g/mol. The summed E-state index contributed by atoms with van der Waals surface area (Å²) in [5.41, 5.74) is 10.1. The van der Waals surface area contributed by atoms with Crippen LogP contribution in [0.3, 0.4) is 0 Å². The first-order valence-electron chi connectivity index (χ1n) is 10.0. The van der Waals surface area contributed by atoms with E-state index in [0.717, 1.165) is 16.7 Å². The number of hydrogen-bond acceptors (Lipinski definition) is 3. The van der Waals surface area contributed by atoms with Gasteiger partial charge in [0.25, 0.3) is 5.91 Å². The summed E-state index contributed by atoms with van der Waals surface area (Å²) in [6.45, 7) is 0. The zero-order chi connectivity index (χ0) is 21.3. The molecular weight excluding hydrogens is 384 g/mol. The number of primary amides is 1. The van der Waals surface area contributed by atoms with Crippen molar-refractivity contribution in [1.82, 2.24) is 15.0 Å². The second-order valence-corrected chi connectivity index (χ2v) is 7.37. The summed E-state index contributed by atoms with van der Waals surface area (Å²) in [5.74, 6) is -0.539. The number of H-pyrrole nitrogens is 1. The Morgan fingerprint density at radius 3 is 1.71 bits per heavy atom. The Hall–Kier alpha value is -4.25. The van der Waals surface area contributed by atoms with Crippen LogP contribution in [0.2, 0.25) is 0 Å². The molecule has 1 amide bonds. The van der Waals surface area contributed by atoms with Gasteiger partial charge in [0.05, 0.1) is 22.9 Å². The van der Waals surface area contributed by atoms with E-state index in [1.807, 2.05) is 54.6 Å². The maximum atomic E-state index is 12.0. The predicted molar refractivity (Wildman–Crippen MR) is 121 cm³/mol. The Morgan fingerprint density at radius 1 is 0.774 bits per heavy atom. The SMILES string of the molecule is NC(=O)c1c[nH]c2ncc(C(c3ccccc3)(c3ccccc3)c3ccccc3)nc12. The number of amides is 1. The molecular formula is C26H20N4O. The molecule has 0 atom stereocenters. The van der Waals surface area contributed by atoms with Gasteiger partial charge < -0.3 is 10.7 Å². The zero-order valence-corrected chi connectivity index (χ0v) is 16.7. The van der Waals surface area contributed by atoms with Crippen molar-refractivity contribution in [3.63, 3.8) is 0 Å². The van der Waals surface area contributed by atoms with Crippen molar-refractivity contribution < 1.29 is 4.79 Å². The number of hydrogen-bond donors (Lipinski definition) is 2. The van der Waals surface area contributed by atoms with Crippen LogP contribution in [0.25, 0.3) is 11.2 Å². The molecule has 2 heterocycles. The van der Waals surface area contributed by atoms with Crippen LogP contribution < -0.4 is 5.73 Å². The van der Waals surface area contributed by atoms with Crippen LogP contribution in [-0.2, 0) is 5.41 Å². The fraction of sp³-hybridized carbons (Fsp3) is 0.0385. The lowest BCUT2D eigenvalue weighted by Crippen LogP contribution is -2.32. The fourth-order valence-corrected chi connectivity index (χ4v) is 4.27. The quantitative estimate of drug-likeness (QED) is 0.425. The van der Waals surface area contributed by atoms with Crippen molar-refractivity contribution in [2.45, 2.75) is 5.41 Å². The van der Waals surface area contributed by atoms with Gasteiger partial charge in [0.1, 0.15) is 5.52 Å². The van der Waals surface area contributed by atoms with Gasteiger partial charge in [-0.15, -0.1) is 0 Å². The van der Waals surface area contributed by atoms with Gasteiger partial charge in [-0.2, -0.15) is 0 Å². The second-order valence-electron chi connectivity index (χ2n) is 7.37. The van der Waals surface area contributed by atoms with Crippen molar-refractivity contribution >= 4 is 17.1 Å². The standard InChI is InChI=1S/C26H20N4O/c27-24(31)21-16-28-25-23(21)30-22(17-29-25)26(18-10-4-1-5-11-18,19-12-6-2-7-13-19)20-14-8-3-9-15-20/h1-17H,(H2,27,31)(H,28,29). The molecule has 5 heteroatoms. The minimum absolute atomic E-state index is 0.326. The summed E-state index contributed by atoms with van der Waals surface area (Å²) in [5, 5.41) is 0. The molecule has 0 aliphatic heterocycles. The number of benzene rings is 3. The number of carbonyl (C=O) groups is 1. The second kappa shape index (κ2) is 7.54. The van der Waals surface area contributed by atoms with Crippen LogP contribution >= 0.6 is 0 Å². The number of fused-ring (bicyclic) bond motifs is 1. The molecule has 2 aromatic heterocycles. The summed E-state index contributed by atoms with van der Waals surface area (Å²) < 4.78 is 0. The van der Waals surface area contributed by atoms with E-state index >= 15 is 0 Å². The predicted octanol–water partition coefficient (Wildman–Crippen LogP) is 4.44. The van der Waals surface area contributed by atoms with E-state index < -0.39 is 11.3 Å². The molecule has 3 N–H and O–H groups in total. The van der Waals surface area contributed by atoms with Crippen molar-refractivity contribution in [2.24, 2.45) is 5.73 Å². The largest absolute Gasteiger partial charge is 0.365 e. The normalized spacial score (nSPS) is 11.5. The molecule has 3 aromatic carbocycles. The Bertz CT molecular complexity index is 1250. The van der Waals surface area contributed by atoms with E-state index in [1.54, 1.807) is 12.4 Å². The number of carbonyl (C=O) groups excluding carboxylic acids is 1. The first kappa shape index (κ1) is 18.8. The third kappa shape index (κ3) is 2.99. The minimum atomic E-state index is -0.725. The lowest BCUT2D eigenvalue weighted by Gasteiger charge is -2.35. The topological polar surface area (TPSA) is 84.7 Å². The van der Waals surface area contributed by atoms with Gasteiger partial charge in [0, 0.05) is 6.20 Å². The van der Waals surface area contributed by atoms with E-state index in [4.69, 9.17) is 10.7 Å². The summed E-state index contributed by atoms with van der Waals surface area (Å²) in [6.07, 6.45) is 3.34. The van der Waals surface area contributed by atoms with E-state index in [2.05, 4.69) is 46.4 Å². The van der Waals surface area contributed by atoms with Crippen LogP contribution in [0.1, 0.15) is 32.7 Å². The van der Waals surface area contributed by atoms with Crippen molar-refractivity contribution in [2.75, 3.05) is 0 Å². The van der Waals surface area contributed by atoms with Crippen molar-refractivity contribution in [3.8, 4) is 0 Å². The van der Waals surface area contributed by atoms with Crippen LogP contribution in [0, 0.1) is 0 Å². The molecule has 0 aliphatic carbocycles. The molecule has 5 nitrogen and oxygen atoms in total. The summed E-state index contributed by atoms with van der Waals surface area (Å²) in [7, 11) is 0. The molecule has 0 spiro atoms. The summed E-state index contributed by atoms with van der Waals surface area (Å²) in [4.78, 5) is 24.5. The number of nitrogens with one attached hydrogen (secondary N) is 1. The number of rotatable bonds is 5. The smallest absolute Gasteiger partial charge is 0.252 e. The molecule has 0 aliphatic rings. The van der Waals surface area contributed by atoms with Gasteiger partial charge in [-0.05, 0) is 16.7 Å². The average Bonchev–Trinajstić information content (AvgIpc) is 3.26. The zero-order valence-electron chi connectivity index (χ0n) is 16.7. The Labute approximate surface area is 179 Å². The molecule has 5 aromatic rings. The Balaban J connectivity index is 1.92. The van der Waals surface area contributed by atoms with E-state index in [9.17, 15) is 4.79 Å². The fourth-order valence-electron chi connectivity index (χ4n) is 4.27. The van der Waals surface area contributed by atoms with E-state index in [0.29, 0.717) is 22.4 Å². The van der Waals surface area contributed by atoms with E-state index in [1.165, 1.54) is 0 Å². The Morgan fingerprint density at radius 2 is 1.26 bits per heavy atom. The van der Waals surface area contributed by atoms with Gasteiger partial charge in [-0.1, -0.05) is 91.0 Å². The third-order valence-electron chi connectivity index (χ3n) is 5.65. The molecule has 31 heavy (non-hydrogen) atoms. The van der Waals surface area contributed by atoms with Gasteiger partial charge in [-0.3, -0.25) is 4.79 Å². The minimum Gasteiger partial charge on any atom is -0.365 e. The highest BCUT2D eigenvalue weighted by molar-refractivity contribution is 6.03. The molecule has 0 fully saturated rings. The first-order valence-corrected chi connectivity index (χ1v) is 10.0. The van der Waals surface area contributed by atoms with Crippen LogP contribution in [0.15, 0.2) is 103 Å². The average molecular weight is 404 g/mol. The van der Waals surface area contributed by atoms with Gasteiger partial charge in [-0.25, -0.2) is 9.97 Å². The number of nitrogens with two attached hydrogens (primary N) is 1. The number of aromatic nitrogens is 3. The highest BCUT2D eigenvalue weighted by Gasteiger charge is 2.40. The maximum absolute atomic E-state index is 12.0. The third-order valence-corrected chi connectivity index (χ3v) is 5.65. The molecule has 0 saturated heterocycles. The van der Waals surface area contributed by atoms with Gasteiger partial charge in [0.2, 0.25) is 0 Å². The van der Waals surface area contributed by atoms with Crippen molar-refractivity contribution in [3.05, 3.63) is 131 Å². The van der Waals surface area contributed by atoms with Crippen molar-refractivity contribution in [1.29, 1.82) is 0 Å².